The van der Waals surface area contributed by atoms with Crippen LogP contribution in [0.1, 0.15) is 37.7 Å². The number of fused-ring (bicyclic) bond motifs is 1. The molecule has 1 saturated carbocycles. The van der Waals surface area contributed by atoms with E-state index in [0.29, 0.717) is 18.0 Å². The summed E-state index contributed by atoms with van der Waals surface area (Å²) in [5.41, 5.74) is 6.32. The van der Waals surface area contributed by atoms with Crippen molar-refractivity contribution < 1.29 is 13.2 Å². The summed E-state index contributed by atoms with van der Waals surface area (Å²) < 4.78 is 33.6. The van der Waals surface area contributed by atoms with Gasteiger partial charge in [-0.2, -0.15) is 0 Å². The fourth-order valence-electron chi connectivity index (χ4n) is 3.25. The first-order valence-electron chi connectivity index (χ1n) is 7.54. The van der Waals surface area contributed by atoms with Crippen LogP contribution >= 0.6 is 0 Å². The highest BCUT2D eigenvalue weighted by Crippen LogP contribution is 2.32. The number of nitrogens with two attached hydrogens (primary N) is 1. The molecule has 1 aromatic rings. The molecular formula is C15H22N2O3S. The van der Waals surface area contributed by atoms with Crippen LogP contribution in [0.4, 0.5) is 0 Å². The Bertz CT molecular complexity index is 622. The average molecular weight is 310 g/mol. The predicted octanol–water partition coefficient (Wildman–Crippen LogP) is 1.56. The second-order valence-corrected chi connectivity index (χ2v) is 7.70. The van der Waals surface area contributed by atoms with Crippen LogP contribution in [0.2, 0.25) is 0 Å². The van der Waals surface area contributed by atoms with Gasteiger partial charge in [0, 0.05) is 12.1 Å². The molecule has 1 heterocycles. The van der Waals surface area contributed by atoms with E-state index < -0.39 is 15.6 Å². The molecule has 0 bridgehead atoms. The Morgan fingerprint density at radius 1 is 1.24 bits per heavy atom. The number of aryl methyl sites for hydroxylation is 1. The zero-order chi connectivity index (χ0) is 14.9. The smallest absolute Gasteiger partial charge is 0.241 e. The monoisotopic (exact) mass is 310 g/mol. The van der Waals surface area contributed by atoms with Crippen LogP contribution in [0.15, 0.2) is 23.1 Å². The van der Waals surface area contributed by atoms with Crippen molar-refractivity contribution in [2.75, 3.05) is 13.2 Å². The average Bonchev–Trinajstić information content (AvgIpc) is 2.95. The molecule has 0 amide bonds. The molecule has 1 aliphatic carbocycles. The molecule has 3 rings (SSSR count). The van der Waals surface area contributed by atoms with Gasteiger partial charge in [0.05, 0.1) is 11.5 Å². The Labute approximate surface area is 125 Å². The summed E-state index contributed by atoms with van der Waals surface area (Å²) in [5.74, 6) is 0.801. The van der Waals surface area contributed by atoms with Crippen molar-refractivity contribution in [1.29, 1.82) is 0 Å². The molecule has 1 fully saturated rings. The lowest BCUT2D eigenvalue weighted by Gasteiger charge is -2.28. The first-order valence-corrected chi connectivity index (χ1v) is 9.03. The summed E-state index contributed by atoms with van der Waals surface area (Å²) >= 11 is 0. The van der Waals surface area contributed by atoms with Gasteiger partial charge in [-0.25, -0.2) is 13.1 Å². The molecular weight excluding hydrogens is 288 g/mol. The Kier molecular flexibility index (Phi) is 3.94. The maximum Gasteiger partial charge on any atom is 0.241 e. The summed E-state index contributed by atoms with van der Waals surface area (Å²) in [4.78, 5) is 0.312. The SMILES string of the molecule is NCC1(NS(=O)(=O)c2ccc3c(c2)CCCO3)CCCC1. The molecule has 1 aliphatic heterocycles. The Hall–Kier alpha value is -1.11. The van der Waals surface area contributed by atoms with E-state index in [1.54, 1.807) is 18.2 Å². The third kappa shape index (κ3) is 2.93. The molecule has 0 atom stereocenters. The highest BCUT2D eigenvalue weighted by atomic mass is 32.2. The molecule has 0 unspecified atom stereocenters. The summed E-state index contributed by atoms with van der Waals surface area (Å²) in [6.45, 7) is 1.05. The van der Waals surface area contributed by atoms with E-state index in [-0.39, 0.29) is 0 Å². The van der Waals surface area contributed by atoms with E-state index in [9.17, 15) is 8.42 Å². The largest absolute Gasteiger partial charge is 0.493 e. The van der Waals surface area contributed by atoms with Crippen LogP contribution in [0, 0.1) is 0 Å². The lowest BCUT2D eigenvalue weighted by Crippen LogP contribution is -2.51. The maximum absolute atomic E-state index is 12.6. The van der Waals surface area contributed by atoms with Gasteiger partial charge in [0.15, 0.2) is 0 Å². The lowest BCUT2D eigenvalue weighted by atomic mass is 10.0. The molecule has 116 valence electrons. The number of hydrogen-bond acceptors (Lipinski definition) is 4. The molecule has 21 heavy (non-hydrogen) atoms. The molecule has 0 radical (unpaired) electrons. The zero-order valence-corrected chi connectivity index (χ0v) is 12.9. The van der Waals surface area contributed by atoms with Crippen LogP contribution in [0.5, 0.6) is 5.75 Å². The first-order chi connectivity index (χ1) is 10.0. The van der Waals surface area contributed by atoms with E-state index in [1.165, 1.54) is 0 Å². The van der Waals surface area contributed by atoms with Gasteiger partial charge in [-0.3, -0.25) is 0 Å². The quantitative estimate of drug-likeness (QED) is 0.884. The fourth-order valence-corrected chi connectivity index (χ4v) is 4.77. The summed E-state index contributed by atoms with van der Waals surface area (Å²) in [5, 5.41) is 0. The number of sulfonamides is 1. The molecule has 0 spiro atoms. The minimum absolute atomic E-state index is 0.312. The van der Waals surface area contributed by atoms with E-state index in [0.717, 1.165) is 49.8 Å². The van der Waals surface area contributed by atoms with Gasteiger partial charge in [-0.05, 0) is 49.4 Å². The van der Waals surface area contributed by atoms with Gasteiger partial charge in [0.25, 0.3) is 0 Å². The highest BCUT2D eigenvalue weighted by Gasteiger charge is 2.37. The molecule has 1 aromatic carbocycles. The van der Waals surface area contributed by atoms with Crippen LogP contribution in [0.3, 0.4) is 0 Å². The van der Waals surface area contributed by atoms with Gasteiger partial charge in [-0.15, -0.1) is 0 Å². The van der Waals surface area contributed by atoms with Crippen molar-refractivity contribution in [3.05, 3.63) is 23.8 Å². The normalized spacial score (nSPS) is 20.8. The minimum Gasteiger partial charge on any atom is -0.493 e. The maximum atomic E-state index is 12.6. The van der Waals surface area contributed by atoms with Crippen LogP contribution in [-0.2, 0) is 16.4 Å². The number of hydrogen-bond donors (Lipinski definition) is 2. The molecule has 5 nitrogen and oxygen atoms in total. The Morgan fingerprint density at radius 2 is 2.00 bits per heavy atom. The summed E-state index contributed by atoms with van der Waals surface area (Å²) in [6, 6.07) is 5.11. The van der Waals surface area contributed by atoms with E-state index in [2.05, 4.69) is 4.72 Å². The van der Waals surface area contributed by atoms with Gasteiger partial charge in [-0.1, -0.05) is 12.8 Å². The molecule has 3 N–H and O–H groups in total. The van der Waals surface area contributed by atoms with E-state index in [1.807, 2.05) is 0 Å². The van der Waals surface area contributed by atoms with Gasteiger partial charge in [0.1, 0.15) is 5.75 Å². The minimum atomic E-state index is -3.53. The topological polar surface area (TPSA) is 81.4 Å². The molecule has 2 aliphatic rings. The van der Waals surface area contributed by atoms with Crippen molar-refractivity contribution in [2.45, 2.75) is 49.0 Å². The first kappa shape index (κ1) is 14.8. The Morgan fingerprint density at radius 3 is 2.71 bits per heavy atom. The summed E-state index contributed by atoms with van der Waals surface area (Å²) in [7, 11) is -3.53. The number of nitrogens with one attached hydrogen (secondary N) is 1. The van der Waals surface area contributed by atoms with Crippen LogP contribution < -0.4 is 15.2 Å². The number of benzene rings is 1. The summed E-state index contributed by atoms with van der Waals surface area (Å²) in [6.07, 6.45) is 5.47. The standard InChI is InChI=1S/C15H22N2O3S/c16-11-15(7-1-2-8-15)17-21(18,19)13-5-6-14-12(10-13)4-3-9-20-14/h5-6,10,17H,1-4,7-9,11,16H2. The number of ether oxygens (including phenoxy) is 1. The van der Waals surface area contributed by atoms with Crippen LogP contribution in [0.25, 0.3) is 0 Å². The fraction of sp³-hybridized carbons (Fsp3) is 0.600. The lowest BCUT2D eigenvalue weighted by molar-refractivity contribution is 0.288. The zero-order valence-electron chi connectivity index (χ0n) is 12.1. The van der Waals surface area contributed by atoms with Gasteiger partial charge in [0.2, 0.25) is 10.0 Å². The van der Waals surface area contributed by atoms with E-state index >= 15 is 0 Å². The molecule has 0 saturated heterocycles. The van der Waals surface area contributed by atoms with Crippen molar-refractivity contribution in [3.8, 4) is 5.75 Å². The van der Waals surface area contributed by atoms with Crippen molar-refractivity contribution in [2.24, 2.45) is 5.73 Å². The highest BCUT2D eigenvalue weighted by molar-refractivity contribution is 7.89. The second-order valence-electron chi connectivity index (χ2n) is 6.02. The molecule has 6 heteroatoms. The third-order valence-electron chi connectivity index (χ3n) is 4.49. The number of rotatable bonds is 4. The van der Waals surface area contributed by atoms with Crippen molar-refractivity contribution in [1.82, 2.24) is 4.72 Å². The van der Waals surface area contributed by atoms with Gasteiger partial charge >= 0.3 is 0 Å². The van der Waals surface area contributed by atoms with Crippen LogP contribution in [-0.4, -0.2) is 27.1 Å². The Balaban J connectivity index is 1.88. The molecule has 0 aromatic heterocycles. The van der Waals surface area contributed by atoms with Crippen molar-refractivity contribution >= 4 is 10.0 Å². The van der Waals surface area contributed by atoms with E-state index in [4.69, 9.17) is 10.5 Å². The van der Waals surface area contributed by atoms with Crippen molar-refractivity contribution in [3.63, 3.8) is 0 Å². The van der Waals surface area contributed by atoms with Gasteiger partial charge < -0.3 is 10.5 Å². The predicted molar refractivity (Wildman–Crippen MR) is 80.8 cm³/mol. The second kappa shape index (κ2) is 5.59. The third-order valence-corrected chi connectivity index (χ3v) is 6.07.